The Labute approximate surface area is 114 Å². The van der Waals surface area contributed by atoms with Gasteiger partial charge in [0.25, 0.3) is 0 Å². The molecule has 0 aliphatic heterocycles. The molecule has 0 unspecified atom stereocenters. The van der Waals surface area contributed by atoms with E-state index in [-0.39, 0.29) is 0 Å². The van der Waals surface area contributed by atoms with Crippen molar-refractivity contribution in [3.05, 3.63) is 0 Å². The van der Waals surface area contributed by atoms with Crippen LogP contribution in [0.4, 0.5) is 0 Å². The Bertz CT molecular complexity index is 99.7. The Balaban J connectivity index is -0.000000144. The van der Waals surface area contributed by atoms with Gasteiger partial charge in [-0.1, -0.05) is 0 Å². The first kappa shape index (κ1) is 21.8. The van der Waals surface area contributed by atoms with E-state index in [1.807, 2.05) is 0 Å². The van der Waals surface area contributed by atoms with Crippen LogP contribution in [-0.2, 0) is 9.20 Å². The quantitative estimate of drug-likeness (QED) is 0.462. The van der Waals surface area contributed by atoms with Crippen LogP contribution < -0.4 is 0 Å². The molecule has 0 aromatic carbocycles. The summed E-state index contributed by atoms with van der Waals surface area (Å²) in [4.78, 5) is 0. The van der Waals surface area contributed by atoms with Crippen molar-refractivity contribution in [3.8, 4) is 0 Å². The molecule has 0 aromatic rings. The molecule has 2 nitrogen and oxygen atoms in total. The molecule has 0 atom stereocenters. The van der Waals surface area contributed by atoms with Crippen molar-refractivity contribution in [1.29, 1.82) is 0 Å². The van der Waals surface area contributed by atoms with Gasteiger partial charge in [0, 0.05) is 0 Å². The van der Waals surface area contributed by atoms with Crippen LogP contribution in [0.3, 0.4) is 0 Å². The predicted octanol–water partition coefficient (Wildman–Crippen LogP) is 3.40. The molecule has 0 bridgehead atoms. The first-order valence-electron chi connectivity index (χ1n) is 4.03. The van der Waals surface area contributed by atoms with E-state index in [4.69, 9.17) is 40.4 Å². The maximum atomic E-state index is 4.90. The summed E-state index contributed by atoms with van der Waals surface area (Å²) in [5, 5.41) is 0. The van der Waals surface area contributed by atoms with E-state index in [9.17, 15) is 0 Å². The Hall–Kier alpha value is 1.60. The van der Waals surface area contributed by atoms with Crippen LogP contribution in [0, 0.1) is 0 Å². The second-order valence-corrected chi connectivity index (χ2v) is 15.0. The zero-order chi connectivity index (χ0) is 13.5. The summed E-state index contributed by atoms with van der Waals surface area (Å²) in [6.07, 6.45) is 0. The molecule has 0 N–H and O–H groups in total. The van der Waals surface area contributed by atoms with Gasteiger partial charge in [-0.05, 0) is 0 Å². The molecule has 7 heteroatoms. The zero-order valence-corrected chi connectivity index (χ0v) is 14.7. The number of nitrogens with zero attached hydrogens (tertiary/aromatic N) is 2. The fraction of sp³-hybridized carbons (Fsp3) is 1.00. The molecule has 0 radical (unpaired) electrons. The maximum absolute atomic E-state index is 4.90. The van der Waals surface area contributed by atoms with Gasteiger partial charge in [0.05, 0.1) is 56.4 Å². The van der Waals surface area contributed by atoms with Gasteiger partial charge < -0.3 is 8.97 Å². The van der Waals surface area contributed by atoms with E-state index in [2.05, 4.69) is 56.4 Å². The molecule has 0 saturated carbocycles. The third kappa shape index (κ3) is 1130. The summed E-state index contributed by atoms with van der Waals surface area (Å²) in [5.41, 5.74) is 0. The summed E-state index contributed by atoms with van der Waals surface area (Å²) in [6, 6.07) is 0. The third-order valence-corrected chi connectivity index (χ3v) is 0. The van der Waals surface area contributed by atoms with Gasteiger partial charge in [-0.25, -0.2) is 0 Å². The molecule has 15 heavy (non-hydrogen) atoms. The zero-order valence-electron chi connectivity index (χ0n) is 10.7. The van der Waals surface area contributed by atoms with Crippen molar-refractivity contribution in [1.82, 2.24) is 0 Å². The van der Waals surface area contributed by atoms with E-state index in [1.165, 1.54) is 0 Å². The number of hydrogen-bond donors (Lipinski definition) is 0. The van der Waals surface area contributed by atoms with Crippen molar-refractivity contribution >= 4 is 40.4 Å². The first-order valence-corrected chi connectivity index (χ1v) is 9.22. The minimum absolute atomic E-state index is 1.00. The van der Waals surface area contributed by atoms with Crippen LogP contribution in [0.25, 0.3) is 0 Å². The van der Waals surface area contributed by atoms with Crippen LogP contribution in [0.15, 0.2) is 0 Å². The first-order chi connectivity index (χ1) is 6.00. The van der Waals surface area contributed by atoms with Crippen molar-refractivity contribution < 1.29 is 18.2 Å². The molecule has 0 aliphatic carbocycles. The minimum atomic E-state index is -2.24. The topological polar surface area (TPSA) is 0 Å². The molecule has 0 fully saturated rings. The number of rotatable bonds is 0. The molecule has 0 heterocycles. The van der Waals surface area contributed by atoms with Gasteiger partial charge in [-0.2, -0.15) is 0 Å². The second-order valence-electron chi connectivity index (χ2n) is 5.63. The van der Waals surface area contributed by atoms with E-state index in [0.717, 1.165) is 8.97 Å². The van der Waals surface area contributed by atoms with Crippen molar-refractivity contribution in [2.24, 2.45) is 0 Å². The van der Waals surface area contributed by atoms with Gasteiger partial charge in [0.2, 0.25) is 0 Å². The van der Waals surface area contributed by atoms with Crippen LogP contribution in [-0.4, -0.2) is 65.3 Å². The number of quaternary nitrogens is 2. The van der Waals surface area contributed by atoms with Crippen molar-refractivity contribution in [2.75, 3.05) is 56.4 Å². The Kier molecular flexibility index (Phi) is 12.6. The van der Waals surface area contributed by atoms with Gasteiger partial charge in [0.15, 0.2) is 0 Å². The molecular weight excluding hydrogens is 329 g/mol. The average Bonchev–Trinajstić information content (AvgIpc) is 1.41. The summed E-state index contributed by atoms with van der Waals surface area (Å²) in [6.45, 7) is 0. The molecule has 0 rings (SSSR count). The standard InChI is InChI=1S/2C4H12N.4ClH.Cu/c2*1-5(2,3)4;;;;;/h2*1-4H3;4*1H;/q2*+1;;;;;+2/p-4. The predicted molar refractivity (Wildman–Crippen MR) is 71.3 cm³/mol. The van der Waals surface area contributed by atoms with Crippen molar-refractivity contribution in [3.63, 3.8) is 0 Å². The molecular formula is C8H24Cl4CuN2. The molecule has 0 spiro atoms. The normalized spacial score (nSPS) is 13.1. The fourth-order valence-electron chi connectivity index (χ4n) is 0. The van der Waals surface area contributed by atoms with E-state index in [0.29, 0.717) is 0 Å². The molecule has 105 valence electrons. The Morgan fingerprint density at radius 1 is 0.533 bits per heavy atom. The Morgan fingerprint density at radius 2 is 0.533 bits per heavy atom. The van der Waals surface area contributed by atoms with Gasteiger partial charge >= 0.3 is 49.6 Å². The van der Waals surface area contributed by atoms with E-state index >= 15 is 0 Å². The van der Waals surface area contributed by atoms with Gasteiger partial charge in [0.1, 0.15) is 0 Å². The summed E-state index contributed by atoms with van der Waals surface area (Å²) >= 11 is 0. The average molecular weight is 354 g/mol. The van der Waals surface area contributed by atoms with Crippen molar-refractivity contribution in [2.45, 2.75) is 0 Å². The molecule has 0 amide bonds. The van der Waals surface area contributed by atoms with Gasteiger partial charge in [-0.15, -0.1) is 0 Å². The van der Waals surface area contributed by atoms with E-state index < -0.39 is 9.20 Å². The van der Waals surface area contributed by atoms with Gasteiger partial charge in [-0.3, -0.25) is 0 Å². The van der Waals surface area contributed by atoms with Crippen LogP contribution in [0.2, 0.25) is 0 Å². The monoisotopic (exact) mass is 351 g/mol. The Morgan fingerprint density at radius 3 is 0.533 bits per heavy atom. The number of hydrogen-bond acceptors (Lipinski definition) is 0. The van der Waals surface area contributed by atoms with E-state index in [1.54, 1.807) is 0 Å². The fourth-order valence-corrected chi connectivity index (χ4v) is 0. The SMILES string of the molecule is C[N+](C)(C)C.C[N+](C)(C)C.[Cl][Cu-2]([Cl])([Cl])[Cl]. The number of halogens is 4. The second kappa shape index (κ2) is 8.66. The molecule has 0 saturated heterocycles. The summed E-state index contributed by atoms with van der Waals surface area (Å²) < 4.78 is 2.00. The van der Waals surface area contributed by atoms with Crippen LogP contribution >= 0.6 is 40.4 Å². The van der Waals surface area contributed by atoms with Crippen LogP contribution in [0.1, 0.15) is 0 Å². The molecule has 0 aliphatic rings. The summed E-state index contributed by atoms with van der Waals surface area (Å²) in [5.74, 6) is 0. The summed E-state index contributed by atoms with van der Waals surface area (Å²) in [7, 11) is 34.4. The third-order valence-electron chi connectivity index (χ3n) is 0. The van der Waals surface area contributed by atoms with Crippen LogP contribution in [0.5, 0.6) is 0 Å². The molecule has 0 aromatic heterocycles.